The summed E-state index contributed by atoms with van der Waals surface area (Å²) in [7, 11) is 0. The predicted molar refractivity (Wildman–Crippen MR) is 90.8 cm³/mol. The summed E-state index contributed by atoms with van der Waals surface area (Å²) in [6.45, 7) is 2.99. The molecule has 0 spiro atoms. The Balaban J connectivity index is 1.44. The molecule has 0 unspecified atom stereocenters. The highest BCUT2D eigenvalue weighted by atomic mass is 16.5. The molecule has 2 amide bonds. The van der Waals surface area contributed by atoms with Crippen LogP contribution in [0.2, 0.25) is 0 Å². The summed E-state index contributed by atoms with van der Waals surface area (Å²) < 4.78 is 10.7. The lowest BCUT2D eigenvalue weighted by atomic mass is 10.1. The molecule has 1 saturated heterocycles. The molecule has 3 heterocycles. The van der Waals surface area contributed by atoms with Gasteiger partial charge in [0.05, 0.1) is 12.9 Å². The van der Waals surface area contributed by atoms with E-state index in [1.54, 1.807) is 17.0 Å². The third-order valence-corrected chi connectivity index (χ3v) is 4.74. The van der Waals surface area contributed by atoms with Crippen LogP contribution >= 0.6 is 0 Å². The standard InChI is InChI=1S/C19H20N2O4/c22-18(15-4-5-16-14(13-15)6-12-25-16)20-7-2-8-21(10-9-20)19(23)17-3-1-11-24-17/h1,3-5,11,13H,2,6-10,12H2. The molecule has 1 aromatic carbocycles. The van der Waals surface area contributed by atoms with Gasteiger partial charge in [-0.3, -0.25) is 9.59 Å². The Morgan fingerprint density at radius 1 is 0.960 bits per heavy atom. The molecule has 25 heavy (non-hydrogen) atoms. The van der Waals surface area contributed by atoms with E-state index >= 15 is 0 Å². The first-order chi connectivity index (χ1) is 12.2. The normalized spacial score (nSPS) is 17.0. The van der Waals surface area contributed by atoms with Gasteiger partial charge in [-0.2, -0.15) is 0 Å². The van der Waals surface area contributed by atoms with Crippen LogP contribution in [-0.2, 0) is 6.42 Å². The van der Waals surface area contributed by atoms with Crippen LogP contribution in [0.4, 0.5) is 0 Å². The van der Waals surface area contributed by atoms with Crippen LogP contribution in [0.3, 0.4) is 0 Å². The van der Waals surface area contributed by atoms with Crippen molar-refractivity contribution in [2.75, 3.05) is 32.8 Å². The number of rotatable bonds is 2. The van der Waals surface area contributed by atoms with Gasteiger partial charge >= 0.3 is 0 Å². The number of hydrogen-bond donors (Lipinski definition) is 0. The fourth-order valence-corrected chi connectivity index (χ4v) is 3.38. The Morgan fingerprint density at radius 2 is 1.76 bits per heavy atom. The number of carbonyl (C=O) groups is 2. The van der Waals surface area contributed by atoms with Crippen LogP contribution in [0.15, 0.2) is 41.0 Å². The minimum absolute atomic E-state index is 0.0157. The minimum atomic E-state index is -0.117. The van der Waals surface area contributed by atoms with Gasteiger partial charge in [-0.05, 0) is 42.3 Å². The lowest BCUT2D eigenvalue weighted by Gasteiger charge is -2.22. The number of carbonyl (C=O) groups excluding carboxylic acids is 2. The Bertz CT molecular complexity index is 785. The predicted octanol–water partition coefficient (Wildman–Crippen LogP) is 2.20. The molecule has 6 heteroatoms. The van der Waals surface area contributed by atoms with Crippen LogP contribution < -0.4 is 4.74 Å². The van der Waals surface area contributed by atoms with Crippen LogP contribution in [0.25, 0.3) is 0 Å². The summed E-state index contributed by atoms with van der Waals surface area (Å²) in [5.74, 6) is 1.12. The highest BCUT2D eigenvalue weighted by Gasteiger charge is 2.25. The van der Waals surface area contributed by atoms with E-state index in [9.17, 15) is 9.59 Å². The van der Waals surface area contributed by atoms with Crippen LogP contribution in [0, 0.1) is 0 Å². The topological polar surface area (TPSA) is 63.0 Å². The fourth-order valence-electron chi connectivity index (χ4n) is 3.38. The van der Waals surface area contributed by atoms with Gasteiger partial charge in [-0.1, -0.05) is 0 Å². The second-order valence-corrected chi connectivity index (χ2v) is 6.34. The average Bonchev–Trinajstić information content (AvgIpc) is 3.27. The van der Waals surface area contributed by atoms with Gasteiger partial charge in [-0.25, -0.2) is 0 Å². The molecule has 0 atom stereocenters. The number of benzene rings is 1. The molecule has 0 aliphatic carbocycles. The molecular formula is C19H20N2O4. The largest absolute Gasteiger partial charge is 0.493 e. The van der Waals surface area contributed by atoms with Gasteiger partial charge < -0.3 is 19.0 Å². The first kappa shape index (κ1) is 15.7. The number of amides is 2. The monoisotopic (exact) mass is 340 g/mol. The van der Waals surface area contributed by atoms with Crippen molar-refractivity contribution in [2.24, 2.45) is 0 Å². The zero-order valence-corrected chi connectivity index (χ0v) is 13.9. The summed E-state index contributed by atoms with van der Waals surface area (Å²) in [5.41, 5.74) is 1.78. The molecule has 130 valence electrons. The minimum Gasteiger partial charge on any atom is -0.493 e. The van der Waals surface area contributed by atoms with Crippen molar-refractivity contribution >= 4 is 11.8 Å². The molecule has 0 bridgehead atoms. The Labute approximate surface area is 146 Å². The van der Waals surface area contributed by atoms with Crippen LogP contribution in [-0.4, -0.2) is 54.4 Å². The van der Waals surface area contributed by atoms with Gasteiger partial charge in [0.15, 0.2) is 5.76 Å². The molecule has 6 nitrogen and oxygen atoms in total. The van der Waals surface area contributed by atoms with Crippen molar-refractivity contribution in [3.05, 3.63) is 53.5 Å². The van der Waals surface area contributed by atoms with Gasteiger partial charge in [0.2, 0.25) is 0 Å². The van der Waals surface area contributed by atoms with Crippen LogP contribution in [0.1, 0.15) is 32.9 Å². The second kappa shape index (κ2) is 6.63. The Morgan fingerprint density at radius 3 is 2.52 bits per heavy atom. The van der Waals surface area contributed by atoms with Gasteiger partial charge in [0, 0.05) is 38.2 Å². The molecule has 2 aromatic rings. The number of hydrogen-bond acceptors (Lipinski definition) is 4. The Kier molecular flexibility index (Phi) is 4.17. The second-order valence-electron chi connectivity index (χ2n) is 6.34. The molecule has 2 aliphatic rings. The molecule has 1 fully saturated rings. The lowest BCUT2D eigenvalue weighted by Crippen LogP contribution is -2.37. The number of fused-ring (bicyclic) bond motifs is 1. The summed E-state index contributed by atoms with van der Waals surface area (Å²) in [6.07, 6.45) is 3.10. The van der Waals surface area contributed by atoms with E-state index in [4.69, 9.17) is 9.15 Å². The molecule has 2 aliphatic heterocycles. The van der Waals surface area contributed by atoms with Crippen LogP contribution in [0.5, 0.6) is 5.75 Å². The number of nitrogens with zero attached hydrogens (tertiary/aromatic N) is 2. The highest BCUT2D eigenvalue weighted by molar-refractivity contribution is 5.95. The van der Waals surface area contributed by atoms with Gasteiger partial charge in [0.25, 0.3) is 11.8 Å². The van der Waals surface area contributed by atoms with E-state index in [-0.39, 0.29) is 11.8 Å². The summed E-state index contributed by atoms with van der Waals surface area (Å²) in [5, 5.41) is 0. The maximum atomic E-state index is 12.8. The lowest BCUT2D eigenvalue weighted by molar-refractivity contribution is 0.0700. The maximum Gasteiger partial charge on any atom is 0.289 e. The summed E-state index contributed by atoms with van der Waals surface area (Å²) in [4.78, 5) is 28.8. The highest BCUT2D eigenvalue weighted by Crippen LogP contribution is 2.26. The first-order valence-corrected chi connectivity index (χ1v) is 8.60. The number of ether oxygens (including phenoxy) is 1. The molecule has 0 radical (unpaired) electrons. The first-order valence-electron chi connectivity index (χ1n) is 8.60. The van der Waals surface area contributed by atoms with Crippen molar-refractivity contribution in [1.29, 1.82) is 0 Å². The van der Waals surface area contributed by atoms with Crippen molar-refractivity contribution in [1.82, 2.24) is 9.80 Å². The molecule has 0 N–H and O–H groups in total. The SMILES string of the molecule is O=C(c1ccc2c(c1)CCO2)N1CCCN(C(=O)c2ccco2)CC1. The fraction of sp³-hybridized carbons (Fsp3) is 0.368. The van der Waals surface area contributed by atoms with Crippen molar-refractivity contribution in [3.8, 4) is 5.75 Å². The summed E-state index contributed by atoms with van der Waals surface area (Å²) in [6, 6.07) is 9.01. The zero-order chi connectivity index (χ0) is 17.2. The maximum absolute atomic E-state index is 12.8. The zero-order valence-electron chi connectivity index (χ0n) is 13.9. The smallest absolute Gasteiger partial charge is 0.289 e. The van der Waals surface area contributed by atoms with Crippen molar-refractivity contribution in [2.45, 2.75) is 12.8 Å². The average molecular weight is 340 g/mol. The third kappa shape index (κ3) is 3.12. The number of furan rings is 1. The summed E-state index contributed by atoms with van der Waals surface area (Å²) >= 11 is 0. The van der Waals surface area contributed by atoms with E-state index < -0.39 is 0 Å². The van der Waals surface area contributed by atoms with E-state index in [0.29, 0.717) is 44.1 Å². The van der Waals surface area contributed by atoms with E-state index in [0.717, 1.165) is 24.2 Å². The van der Waals surface area contributed by atoms with E-state index in [1.165, 1.54) is 6.26 Å². The molecule has 4 rings (SSSR count). The molecule has 1 aromatic heterocycles. The molecule has 0 saturated carbocycles. The molecular weight excluding hydrogens is 320 g/mol. The third-order valence-electron chi connectivity index (χ3n) is 4.74. The Hall–Kier alpha value is -2.76. The quantitative estimate of drug-likeness (QED) is 0.841. The van der Waals surface area contributed by atoms with Gasteiger partial charge in [-0.15, -0.1) is 0 Å². The van der Waals surface area contributed by atoms with E-state index in [2.05, 4.69) is 0 Å². The van der Waals surface area contributed by atoms with E-state index in [1.807, 2.05) is 23.1 Å². The van der Waals surface area contributed by atoms with Crippen molar-refractivity contribution in [3.63, 3.8) is 0 Å². The van der Waals surface area contributed by atoms with Crippen molar-refractivity contribution < 1.29 is 18.7 Å². The van der Waals surface area contributed by atoms with Gasteiger partial charge in [0.1, 0.15) is 5.75 Å².